The van der Waals surface area contributed by atoms with E-state index in [1.165, 1.54) is 16.7 Å². The minimum absolute atomic E-state index is 0.221. The highest BCUT2D eigenvalue weighted by Crippen LogP contribution is 2.33. The van der Waals surface area contributed by atoms with Gasteiger partial charge in [0.1, 0.15) is 11.7 Å². The maximum atomic E-state index is 6.22. The first-order valence-corrected chi connectivity index (χ1v) is 13.0. The van der Waals surface area contributed by atoms with Gasteiger partial charge in [-0.3, -0.25) is 4.99 Å². The normalized spacial score (nSPS) is 16.8. The summed E-state index contributed by atoms with van der Waals surface area (Å²) in [4.78, 5) is 17.2. The number of allylic oxidation sites excluding steroid dienone is 3. The van der Waals surface area contributed by atoms with Crippen molar-refractivity contribution in [3.63, 3.8) is 0 Å². The van der Waals surface area contributed by atoms with Gasteiger partial charge in [-0.15, -0.1) is 11.8 Å². The summed E-state index contributed by atoms with van der Waals surface area (Å²) >= 11 is 1.74. The number of benzene rings is 1. The van der Waals surface area contributed by atoms with E-state index >= 15 is 0 Å². The Morgan fingerprint density at radius 2 is 1.92 bits per heavy atom. The van der Waals surface area contributed by atoms with Crippen molar-refractivity contribution in [2.45, 2.75) is 45.4 Å². The van der Waals surface area contributed by atoms with E-state index < -0.39 is 0 Å². The van der Waals surface area contributed by atoms with E-state index in [4.69, 9.17) is 26.9 Å². The van der Waals surface area contributed by atoms with Crippen molar-refractivity contribution in [3.8, 4) is 0 Å². The van der Waals surface area contributed by atoms with Crippen molar-refractivity contribution in [2.75, 3.05) is 31.9 Å². The van der Waals surface area contributed by atoms with E-state index in [1.807, 2.05) is 13.8 Å². The fourth-order valence-corrected chi connectivity index (χ4v) is 4.42. The quantitative estimate of drug-likeness (QED) is 0.148. The monoisotopic (exact) mass is 509 g/mol. The number of thioether (sulfide) groups is 1. The second-order valence-corrected chi connectivity index (χ2v) is 9.24. The van der Waals surface area contributed by atoms with Crippen molar-refractivity contribution in [3.05, 3.63) is 70.0 Å². The van der Waals surface area contributed by atoms with Gasteiger partial charge in [0, 0.05) is 53.4 Å². The summed E-state index contributed by atoms with van der Waals surface area (Å²) in [6.45, 7) is 8.62. The molecule has 0 bridgehead atoms. The molecule has 0 spiro atoms. The van der Waals surface area contributed by atoms with Crippen molar-refractivity contribution in [1.82, 2.24) is 0 Å². The fourth-order valence-electron chi connectivity index (χ4n) is 3.95. The molecule has 0 amide bonds. The fraction of sp³-hybridized carbons (Fsp3) is 0.370. The summed E-state index contributed by atoms with van der Waals surface area (Å²) in [7, 11) is 3.28. The van der Waals surface area contributed by atoms with Crippen LogP contribution in [0.25, 0.3) is 0 Å². The molecule has 36 heavy (non-hydrogen) atoms. The highest BCUT2D eigenvalue weighted by atomic mass is 32.2. The van der Waals surface area contributed by atoms with Crippen LogP contribution < -0.4 is 22.1 Å². The molecule has 0 fully saturated rings. The smallest absolute Gasteiger partial charge is 0.199 e. The molecular weight excluding hydrogens is 470 g/mol. The Labute approximate surface area is 219 Å². The van der Waals surface area contributed by atoms with Crippen LogP contribution in [0.3, 0.4) is 0 Å². The number of ether oxygens (including phenoxy) is 1. The third kappa shape index (κ3) is 7.04. The summed E-state index contributed by atoms with van der Waals surface area (Å²) in [5, 5.41) is 0. The summed E-state index contributed by atoms with van der Waals surface area (Å²) < 4.78 is 5.92. The average molecular weight is 510 g/mol. The van der Waals surface area contributed by atoms with Crippen LogP contribution in [0.4, 0.5) is 5.69 Å². The minimum Gasteiger partial charge on any atom is -0.492 e. The van der Waals surface area contributed by atoms with Crippen LogP contribution in [0.1, 0.15) is 39.7 Å². The molecule has 0 aliphatic carbocycles. The van der Waals surface area contributed by atoms with E-state index in [2.05, 4.69) is 46.3 Å². The Morgan fingerprint density at radius 1 is 1.19 bits per heavy atom. The van der Waals surface area contributed by atoms with E-state index in [1.54, 1.807) is 45.1 Å². The Bertz CT molecular complexity index is 1170. The van der Waals surface area contributed by atoms with E-state index in [0.717, 1.165) is 42.1 Å². The largest absolute Gasteiger partial charge is 0.492 e. The highest BCUT2D eigenvalue weighted by molar-refractivity contribution is 7.98. The minimum atomic E-state index is 0.221. The van der Waals surface area contributed by atoms with E-state index in [-0.39, 0.29) is 5.84 Å². The zero-order chi connectivity index (χ0) is 26.8. The molecule has 1 aromatic rings. The molecule has 0 aromatic heterocycles. The van der Waals surface area contributed by atoms with Gasteiger partial charge in [0.05, 0.1) is 7.11 Å². The molecule has 1 aliphatic heterocycles. The second kappa shape index (κ2) is 13.6. The molecule has 8 nitrogen and oxygen atoms in total. The molecule has 0 radical (unpaired) electrons. The molecular formula is C27H39N7OS. The summed E-state index contributed by atoms with van der Waals surface area (Å²) in [6.07, 6.45) is 8.59. The molecule has 0 saturated heterocycles. The second-order valence-electron chi connectivity index (χ2n) is 8.36. The number of nitrogens with zero attached hydrogens (tertiary/aromatic N) is 4. The third-order valence-electron chi connectivity index (χ3n) is 5.78. The number of hydrogen-bond donors (Lipinski definition) is 3. The molecule has 6 N–H and O–H groups in total. The summed E-state index contributed by atoms with van der Waals surface area (Å²) in [5.41, 5.74) is 23.6. The topological polar surface area (TPSA) is 128 Å². The molecule has 1 aliphatic rings. The lowest BCUT2D eigenvalue weighted by molar-refractivity contribution is 0.296. The van der Waals surface area contributed by atoms with Crippen LogP contribution in [0.2, 0.25) is 0 Å². The predicted molar refractivity (Wildman–Crippen MR) is 156 cm³/mol. The average Bonchev–Trinajstić information content (AvgIpc) is 3.28. The van der Waals surface area contributed by atoms with Gasteiger partial charge >= 0.3 is 0 Å². The lowest BCUT2D eigenvalue weighted by atomic mass is 9.98. The SMILES string of the molecule is CC/C(C)=C(C(\C=NC)=C\N)/C(OC)=C(/N=C(N)\C=C(\C)N)\N=C(/C)N1CCc2cc(SC)ccc21. The number of nitrogens with two attached hydrogens (primary N) is 3. The lowest BCUT2D eigenvalue weighted by Crippen LogP contribution is -2.26. The molecule has 9 heteroatoms. The van der Waals surface area contributed by atoms with Gasteiger partial charge in [0.25, 0.3) is 0 Å². The maximum absolute atomic E-state index is 6.22. The molecule has 1 aromatic carbocycles. The van der Waals surface area contributed by atoms with Crippen LogP contribution in [-0.2, 0) is 11.2 Å². The number of hydrogen-bond acceptors (Lipinski definition) is 7. The van der Waals surface area contributed by atoms with Crippen molar-refractivity contribution in [1.29, 1.82) is 0 Å². The Morgan fingerprint density at radius 3 is 2.47 bits per heavy atom. The van der Waals surface area contributed by atoms with Crippen LogP contribution in [-0.4, -0.2) is 44.8 Å². The summed E-state index contributed by atoms with van der Waals surface area (Å²) in [5.74, 6) is 1.77. The molecule has 2 rings (SSSR count). The third-order valence-corrected chi connectivity index (χ3v) is 6.50. The number of rotatable bonds is 9. The molecule has 1 heterocycles. The standard InChI is InChI=1S/C27H39N7OS/c1-8-17(2)25(21(15-28)16-31-5)26(35-6)27(33-24(30)13-18(3)29)32-19(4)34-12-11-20-14-22(36-7)9-10-23(20)34/h9-10,13-16H,8,11-12,28-29H2,1-7H3,(H2,30,33)/b18-13-,21-15+,25-17+,27-26-,31-16?,32-19+. The van der Waals surface area contributed by atoms with Gasteiger partial charge in [-0.1, -0.05) is 12.5 Å². The first-order valence-electron chi connectivity index (χ1n) is 11.8. The van der Waals surface area contributed by atoms with Crippen LogP contribution in [0, 0.1) is 0 Å². The predicted octanol–water partition coefficient (Wildman–Crippen LogP) is 4.49. The number of amidine groups is 2. The number of aliphatic imine (C=N–C) groups is 3. The Kier molecular flexibility index (Phi) is 10.9. The lowest BCUT2D eigenvalue weighted by Gasteiger charge is -2.21. The van der Waals surface area contributed by atoms with Crippen molar-refractivity contribution >= 4 is 35.3 Å². The molecule has 194 valence electrons. The summed E-state index contributed by atoms with van der Waals surface area (Å²) in [6, 6.07) is 6.51. The molecule has 0 saturated carbocycles. The highest BCUT2D eigenvalue weighted by Gasteiger charge is 2.23. The first kappa shape index (κ1) is 28.8. The van der Waals surface area contributed by atoms with Gasteiger partial charge in [-0.05, 0) is 69.7 Å². The van der Waals surface area contributed by atoms with E-state index in [0.29, 0.717) is 22.9 Å². The number of fused-ring (bicyclic) bond motifs is 1. The van der Waals surface area contributed by atoms with E-state index in [9.17, 15) is 0 Å². The van der Waals surface area contributed by atoms with Gasteiger partial charge in [-0.25, -0.2) is 9.98 Å². The van der Waals surface area contributed by atoms with Gasteiger partial charge < -0.3 is 26.8 Å². The van der Waals surface area contributed by atoms with Crippen LogP contribution >= 0.6 is 11.8 Å². The van der Waals surface area contributed by atoms with Gasteiger partial charge in [0.2, 0.25) is 0 Å². The zero-order valence-corrected chi connectivity index (χ0v) is 23.2. The number of anilines is 1. The van der Waals surface area contributed by atoms with Crippen molar-refractivity contribution in [2.24, 2.45) is 32.2 Å². The Balaban J connectivity index is 2.79. The number of methoxy groups -OCH3 is 1. The van der Waals surface area contributed by atoms with Crippen LogP contribution in [0.5, 0.6) is 0 Å². The Hall–Kier alpha value is -3.46. The maximum Gasteiger partial charge on any atom is 0.199 e. The zero-order valence-electron chi connectivity index (χ0n) is 22.4. The van der Waals surface area contributed by atoms with Gasteiger partial charge in [-0.2, -0.15) is 0 Å². The molecule has 0 unspecified atom stereocenters. The molecule has 0 atom stereocenters. The van der Waals surface area contributed by atoms with Crippen molar-refractivity contribution < 1.29 is 4.74 Å². The van der Waals surface area contributed by atoms with Gasteiger partial charge in [0.15, 0.2) is 11.6 Å². The van der Waals surface area contributed by atoms with Crippen LogP contribution in [0.15, 0.2) is 84.3 Å². The first-order chi connectivity index (χ1) is 17.2.